The first-order valence-electron chi connectivity index (χ1n) is 6.55. The Kier molecular flexibility index (Phi) is 4.48. The van der Waals surface area contributed by atoms with Crippen molar-refractivity contribution in [2.75, 3.05) is 12.4 Å². The smallest absolute Gasteiger partial charge is 0.246 e. The number of primary sulfonamides is 1. The average Bonchev–Trinajstić information content (AvgIpc) is 2.33. The minimum absolute atomic E-state index is 0.114. The first kappa shape index (κ1) is 17.5. The number of nitrogens with one attached hydrogen (secondary N) is 1. The van der Waals surface area contributed by atoms with E-state index in [4.69, 9.17) is 16.7 Å². The molecule has 0 aliphatic carbocycles. The number of hydrogen-bond donors (Lipinski definition) is 2. The highest BCUT2D eigenvalue weighted by Gasteiger charge is 2.37. The van der Waals surface area contributed by atoms with Crippen molar-refractivity contribution in [3.63, 3.8) is 0 Å². The first-order valence-corrected chi connectivity index (χ1v) is 9.92. The molecule has 7 nitrogen and oxygen atoms in total. The Morgan fingerprint density at radius 3 is 2.50 bits per heavy atom. The lowest BCUT2D eigenvalue weighted by atomic mass is 10.1. The van der Waals surface area contributed by atoms with Gasteiger partial charge in [-0.1, -0.05) is 25.4 Å². The number of rotatable bonds is 3. The highest BCUT2D eigenvalue weighted by atomic mass is 35.5. The van der Waals surface area contributed by atoms with Crippen molar-refractivity contribution >= 4 is 37.3 Å². The van der Waals surface area contributed by atoms with Crippen LogP contribution >= 0.6 is 11.6 Å². The lowest BCUT2D eigenvalue weighted by Crippen LogP contribution is -2.46. The monoisotopic (exact) mass is 367 g/mol. The van der Waals surface area contributed by atoms with Gasteiger partial charge in [-0.3, -0.25) is 0 Å². The van der Waals surface area contributed by atoms with Crippen LogP contribution in [0.3, 0.4) is 0 Å². The third-order valence-electron chi connectivity index (χ3n) is 3.45. The van der Waals surface area contributed by atoms with Gasteiger partial charge in [0.25, 0.3) is 0 Å². The number of hydrogen-bond acceptors (Lipinski definition) is 5. The summed E-state index contributed by atoms with van der Waals surface area (Å²) in [7, 11) is -6.48. The molecule has 0 aromatic heterocycles. The van der Waals surface area contributed by atoms with Gasteiger partial charge in [0, 0.05) is 7.05 Å². The molecule has 1 aliphatic rings. The molecule has 1 atom stereocenters. The van der Waals surface area contributed by atoms with Crippen LogP contribution in [0.25, 0.3) is 0 Å². The summed E-state index contributed by atoms with van der Waals surface area (Å²) in [4.78, 5) is -0.558. The standard InChI is InChI=1S/C12H18ClN3O4S2/c1-7(2)4-12-15-9-5-8(13)10(21(14,17)18)6-11(9)22(19,20)16(12)3/h5-7,12,15H,4H2,1-3H3,(H2,14,17,18). The molecule has 1 aromatic carbocycles. The summed E-state index contributed by atoms with van der Waals surface area (Å²) < 4.78 is 49.4. The van der Waals surface area contributed by atoms with Crippen molar-refractivity contribution in [3.8, 4) is 0 Å². The molecule has 0 bridgehead atoms. The van der Waals surface area contributed by atoms with E-state index >= 15 is 0 Å². The predicted octanol–water partition coefficient (Wildman–Crippen LogP) is 1.41. The van der Waals surface area contributed by atoms with Crippen LogP contribution in [-0.4, -0.2) is 34.4 Å². The number of sulfonamides is 2. The van der Waals surface area contributed by atoms with Crippen molar-refractivity contribution in [3.05, 3.63) is 17.2 Å². The highest BCUT2D eigenvalue weighted by molar-refractivity contribution is 7.90. The quantitative estimate of drug-likeness (QED) is 0.839. The van der Waals surface area contributed by atoms with Crippen LogP contribution < -0.4 is 10.5 Å². The van der Waals surface area contributed by atoms with E-state index in [9.17, 15) is 16.8 Å². The number of nitrogens with two attached hydrogens (primary N) is 1. The SMILES string of the molecule is CC(C)CC1Nc2cc(Cl)c(S(N)(=O)=O)cc2S(=O)(=O)N1C. The number of nitrogens with zero attached hydrogens (tertiary/aromatic N) is 1. The zero-order valence-corrected chi connectivity index (χ0v) is 14.8. The molecule has 124 valence electrons. The van der Waals surface area contributed by atoms with Crippen molar-refractivity contribution in [1.82, 2.24) is 4.31 Å². The Morgan fingerprint density at radius 1 is 1.41 bits per heavy atom. The van der Waals surface area contributed by atoms with Crippen LogP contribution in [-0.2, 0) is 20.0 Å². The van der Waals surface area contributed by atoms with E-state index in [1.165, 1.54) is 17.4 Å². The molecule has 10 heteroatoms. The number of benzene rings is 1. The summed E-state index contributed by atoms with van der Waals surface area (Å²) in [5, 5.41) is 8.03. The van der Waals surface area contributed by atoms with Gasteiger partial charge in [-0.05, 0) is 24.5 Å². The molecular formula is C12H18ClN3O4S2. The maximum Gasteiger partial charge on any atom is 0.246 e. The van der Waals surface area contributed by atoms with Crippen LogP contribution in [0.4, 0.5) is 5.69 Å². The van der Waals surface area contributed by atoms with Crippen molar-refractivity contribution < 1.29 is 16.8 Å². The first-order chi connectivity index (χ1) is 9.94. The van der Waals surface area contributed by atoms with Gasteiger partial charge in [-0.2, -0.15) is 4.31 Å². The second-order valence-corrected chi connectivity index (χ2v) is 9.54. The topological polar surface area (TPSA) is 110 Å². The molecule has 3 N–H and O–H groups in total. The van der Waals surface area contributed by atoms with Gasteiger partial charge < -0.3 is 5.32 Å². The Labute approximate surface area is 135 Å². The summed E-state index contributed by atoms with van der Waals surface area (Å²) >= 11 is 5.92. The van der Waals surface area contributed by atoms with Gasteiger partial charge in [0.05, 0.1) is 16.9 Å². The van der Waals surface area contributed by atoms with E-state index in [1.54, 1.807) is 0 Å². The molecule has 2 rings (SSSR count). The lowest BCUT2D eigenvalue weighted by Gasteiger charge is -2.36. The number of halogens is 1. The van der Waals surface area contributed by atoms with Crippen LogP contribution in [0.2, 0.25) is 5.02 Å². The summed E-state index contributed by atoms with van der Waals surface area (Å²) in [5.74, 6) is 0.274. The fraction of sp³-hybridized carbons (Fsp3) is 0.500. The third-order valence-corrected chi connectivity index (χ3v) is 6.74. The minimum atomic E-state index is -4.11. The van der Waals surface area contributed by atoms with Gasteiger partial charge in [0.15, 0.2) is 0 Å². The zero-order chi connectivity index (χ0) is 16.9. The van der Waals surface area contributed by atoms with Gasteiger partial charge in [0.1, 0.15) is 9.79 Å². The van der Waals surface area contributed by atoms with Crippen LogP contribution in [0, 0.1) is 5.92 Å². The third kappa shape index (κ3) is 3.09. The minimum Gasteiger partial charge on any atom is -0.368 e. The summed E-state index contributed by atoms with van der Waals surface area (Å²) in [6.07, 6.45) is 0.179. The van der Waals surface area contributed by atoms with E-state index in [0.29, 0.717) is 6.42 Å². The number of anilines is 1. The fourth-order valence-corrected chi connectivity index (χ4v) is 4.95. The van der Waals surface area contributed by atoms with Crippen molar-refractivity contribution in [2.45, 2.75) is 36.2 Å². The molecule has 0 fully saturated rings. The van der Waals surface area contributed by atoms with Gasteiger partial charge in [-0.25, -0.2) is 22.0 Å². The maximum atomic E-state index is 12.6. The molecule has 0 amide bonds. The summed E-state index contributed by atoms with van der Waals surface area (Å²) in [6, 6.07) is 2.28. The molecule has 1 unspecified atom stereocenters. The zero-order valence-electron chi connectivity index (χ0n) is 12.4. The van der Waals surface area contributed by atoms with Gasteiger partial charge in [0.2, 0.25) is 20.0 Å². The average molecular weight is 368 g/mol. The molecular weight excluding hydrogens is 350 g/mol. The second kappa shape index (κ2) is 5.64. The summed E-state index contributed by atoms with van der Waals surface area (Å²) in [5.41, 5.74) is 0.279. The molecule has 0 saturated heterocycles. The fourth-order valence-electron chi connectivity index (χ4n) is 2.33. The van der Waals surface area contributed by atoms with Gasteiger partial charge in [-0.15, -0.1) is 0 Å². The molecule has 22 heavy (non-hydrogen) atoms. The van der Waals surface area contributed by atoms with Gasteiger partial charge >= 0.3 is 0 Å². The Bertz CT molecular complexity index is 806. The Morgan fingerprint density at radius 2 is 2.00 bits per heavy atom. The molecule has 1 heterocycles. The largest absolute Gasteiger partial charge is 0.368 e. The lowest BCUT2D eigenvalue weighted by molar-refractivity contribution is 0.339. The van der Waals surface area contributed by atoms with E-state index in [1.807, 2.05) is 13.8 Å². The van der Waals surface area contributed by atoms with Crippen LogP contribution in [0.5, 0.6) is 0 Å². The molecule has 1 aliphatic heterocycles. The maximum absolute atomic E-state index is 12.6. The Hall–Kier alpha value is -0.870. The molecule has 0 saturated carbocycles. The van der Waals surface area contributed by atoms with Crippen LogP contribution in [0.15, 0.2) is 21.9 Å². The summed E-state index contributed by atoms with van der Waals surface area (Å²) in [6.45, 7) is 3.96. The predicted molar refractivity (Wildman–Crippen MR) is 84.6 cm³/mol. The van der Waals surface area contributed by atoms with E-state index < -0.39 is 31.1 Å². The molecule has 0 radical (unpaired) electrons. The molecule has 1 aromatic rings. The van der Waals surface area contributed by atoms with E-state index in [2.05, 4.69) is 5.32 Å². The molecule has 0 spiro atoms. The van der Waals surface area contributed by atoms with Crippen molar-refractivity contribution in [1.29, 1.82) is 0 Å². The van der Waals surface area contributed by atoms with Crippen molar-refractivity contribution in [2.24, 2.45) is 11.1 Å². The van der Waals surface area contributed by atoms with Crippen LogP contribution in [0.1, 0.15) is 20.3 Å². The highest BCUT2D eigenvalue weighted by Crippen LogP contribution is 2.37. The van der Waals surface area contributed by atoms with E-state index in [0.717, 1.165) is 6.07 Å². The van der Waals surface area contributed by atoms with E-state index in [-0.39, 0.29) is 21.5 Å². The number of fused-ring (bicyclic) bond motifs is 1. The normalized spacial score (nSPS) is 21.5. The second-order valence-electron chi connectivity index (χ2n) is 5.63. The Balaban J connectivity index is 2.64.